The molecule has 0 heterocycles. The Hall–Kier alpha value is -0.720. The first kappa shape index (κ1) is 5.42. The van der Waals surface area contributed by atoms with Gasteiger partial charge < -0.3 is 5.73 Å². The van der Waals surface area contributed by atoms with Crippen molar-refractivity contribution >= 4 is 0 Å². The number of hydrogen-bond donors (Lipinski definition) is 1. The molecule has 1 aliphatic carbocycles. The molecule has 1 heteroatoms. The first-order valence-electron chi connectivity index (χ1n) is 2.93. The summed E-state index contributed by atoms with van der Waals surface area (Å²) >= 11 is 0. The summed E-state index contributed by atoms with van der Waals surface area (Å²) in [5.74, 6) is 0. The van der Waals surface area contributed by atoms with E-state index in [4.69, 9.17) is 5.73 Å². The minimum Gasteiger partial charge on any atom is -0.399 e. The van der Waals surface area contributed by atoms with Crippen molar-refractivity contribution in [1.82, 2.24) is 0 Å². The fourth-order valence-corrected chi connectivity index (χ4v) is 0.818. The molecule has 0 saturated carbocycles. The van der Waals surface area contributed by atoms with Crippen LogP contribution in [0.2, 0.25) is 0 Å². The van der Waals surface area contributed by atoms with Crippen molar-refractivity contribution in [3.8, 4) is 0 Å². The van der Waals surface area contributed by atoms with Gasteiger partial charge in [-0.3, -0.25) is 0 Å². The molecular weight excluding hydrogens is 98.1 g/mol. The molecular formula is C7H11N. The molecule has 0 spiro atoms. The molecule has 0 aromatic carbocycles. The Morgan fingerprint density at radius 2 is 2.00 bits per heavy atom. The van der Waals surface area contributed by atoms with Crippen molar-refractivity contribution in [2.45, 2.75) is 19.8 Å². The first-order valence-corrected chi connectivity index (χ1v) is 2.93. The predicted octanol–water partition coefficient (Wildman–Crippen LogP) is 1.57. The number of allylic oxidation sites excluding steroid dienone is 3. The van der Waals surface area contributed by atoms with Crippen molar-refractivity contribution in [2.75, 3.05) is 0 Å². The van der Waals surface area contributed by atoms with Crippen LogP contribution in [0.1, 0.15) is 19.8 Å². The Balaban J connectivity index is 2.73. The maximum absolute atomic E-state index is 5.57. The quantitative estimate of drug-likeness (QED) is 0.502. The summed E-state index contributed by atoms with van der Waals surface area (Å²) in [6.45, 7) is 2.05. The second-order valence-corrected chi connectivity index (χ2v) is 2.12. The molecule has 1 nitrogen and oxygen atoms in total. The van der Waals surface area contributed by atoms with Gasteiger partial charge in [-0.25, -0.2) is 0 Å². The van der Waals surface area contributed by atoms with Crippen LogP contribution >= 0.6 is 0 Å². The van der Waals surface area contributed by atoms with Gasteiger partial charge in [0, 0.05) is 5.70 Å². The minimum atomic E-state index is 0.955. The van der Waals surface area contributed by atoms with Gasteiger partial charge in [0.05, 0.1) is 0 Å². The molecule has 0 amide bonds. The van der Waals surface area contributed by atoms with E-state index < -0.39 is 0 Å². The van der Waals surface area contributed by atoms with Gasteiger partial charge >= 0.3 is 0 Å². The Bertz CT molecular complexity index is 124. The molecule has 0 bridgehead atoms. The average molecular weight is 109 g/mol. The first-order chi connectivity index (χ1) is 3.80. The maximum Gasteiger partial charge on any atom is 0.0300 e. The van der Waals surface area contributed by atoms with E-state index in [0.717, 1.165) is 18.5 Å². The Labute approximate surface area is 49.9 Å². The van der Waals surface area contributed by atoms with E-state index in [0.29, 0.717) is 0 Å². The molecule has 0 unspecified atom stereocenters. The number of rotatable bonds is 0. The number of nitrogens with two attached hydrogens (primary N) is 1. The highest BCUT2D eigenvalue weighted by atomic mass is 14.6. The molecule has 0 atom stereocenters. The average Bonchev–Trinajstić information content (AvgIpc) is 1.77. The lowest BCUT2D eigenvalue weighted by molar-refractivity contribution is 0.982. The van der Waals surface area contributed by atoms with Crippen LogP contribution < -0.4 is 5.73 Å². The largest absolute Gasteiger partial charge is 0.399 e. The maximum atomic E-state index is 5.57. The summed E-state index contributed by atoms with van der Waals surface area (Å²) in [6.07, 6.45) is 6.53. The fourth-order valence-electron chi connectivity index (χ4n) is 0.818. The monoisotopic (exact) mass is 109 g/mol. The lowest BCUT2D eigenvalue weighted by Crippen LogP contribution is -2.00. The zero-order valence-corrected chi connectivity index (χ0v) is 5.15. The second kappa shape index (κ2) is 2.03. The highest BCUT2D eigenvalue weighted by molar-refractivity contribution is 5.28. The van der Waals surface area contributed by atoms with E-state index in [2.05, 4.69) is 12.2 Å². The lowest BCUT2D eigenvalue weighted by Gasteiger charge is -2.05. The zero-order chi connectivity index (χ0) is 5.98. The molecule has 1 aliphatic rings. The molecule has 1 rings (SSSR count). The molecule has 0 aromatic heterocycles. The number of hydrogen-bond acceptors (Lipinski definition) is 1. The summed E-state index contributed by atoms with van der Waals surface area (Å²) in [5, 5.41) is 0. The third kappa shape index (κ3) is 0.915. The second-order valence-electron chi connectivity index (χ2n) is 2.12. The van der Waals surface area contributed by atoms with E-state index in [1.165, 1.54) is 5.57 Å². The van der Waals surface area contributed by atoms with E-state index in [-0.39, 0.29) is 0 Å². The van der Waals surface area contributed by atoms with Gasteiger partial charge in [-0.05, 0) is 25.3 Å². The van der Waals surface area contributed by atoms with Crippen LogP contribution in [0.25, 0.3) is 0 Å². The van der Waals surface area contributed by atoms with Crippen LogP contribution in [0.15, 0.2) is 23.4 Å². The van der Waals surface area contributed by atoms with Crippen LogP contribution in [-0.2, 0) is 0 Å². The van der Waals surface area contributed by atoms with Gasteiger partial charge in [-0.1, -0.05) is 12.2 Å². The Morgan fingerprint density at radius 3 is 2.38 bits per heavy atom. The Kier molecular flexibility index (Phi) is 1.38. The normalized spacial score (nSPS) is 19.6. The van der Waals surface area contributed by atoms with E-state index in [1.54, 1.807) is 0 Å². The molecule has 0 fully saturated rings. The molecule has 0 aliphatic heterocycles. The predicted molar refractivity (Wildman–Crippen MR) is 35.3 cm³/mol. The molecule has 0 aromatic rings. The summed E-state index contributed by atoms with van der Waals surface area (Å²) in [7, 11) is 0. The summed E-state index contributed by atoms with van der Waals surface area (Å²) in [6, 6.07) is 0. The van der Waals surface area contributed by atoms with Gasteiger partial charge in [0.15, 0.2) is 0 Å². The van der Waals surface area contributed by atoms with Crippen molar-refractivity contribution in [3.05, 3.63) is 23.4 Å². The van der Waals surface area contributed by atoms with Gasteiger partial charge in [-0.2, -0.15) is 0 Å². The minimum absolute atomic E-state index is 0.955. The summed E-state index contributed by atoms with van der Waals surface area (Å²) < 4.78 is 0. The van der Waals surface area contributed by atoms with Crippen LogP contribution in [0, 0.1) is 0 Å². The van der Waals surface area contributed by atoms with Crippen molar-refractivity contribution in [1.29, 1.82) is 0 Å². The van der Waals surface area contributed by atoms with E-state index in [1.807, 2.05) is 6.92 Å². The van der Waals surface area contributed by atoms with Crippen LogP contribution in [0.5, 0.6) is 0 Å². The van der Waals surface area contributed by atoms with Gasteiger partial charge in [-0.15, -0.1) is 0 Å². The smallest absolute Gasteiger partial charge is 0.0300 e. The fraction of sp³-hybridized carbons (Fsp3) is 0.429. The summed E-state index contributed by atoms with van der Waals surface area (Å²) in [5.41, 5.74) is 7.76. The van der Waals surface area contributed by atoms with Crippen molar-refractivity contribution in [2.24, 2.45) is 5.73 Å². The topological polar surface area (TPSA) is 26.0 Å². The van der Waals surface area contributed by atoms with Gasteiger partial charge in [0.25, 0.3) is 0 Å². The lowest BCUT2D eigenvalue weighted by atomic mass is 10.1. The molecule has 0 saturated heterocycles. The van der Waals surface area contributed by atoms with Gasteiger partial charge in [0.1, 0.15) is 0 Å². The van der Waals surface area contributed by atoms with E-state index in [9.17, 15) is 0 Å². The zero-order valence-electron chi connectivity index (χ0n) is 5.15. The third-order valence-corrected chi connectivity index (χ3v) is 1.44. The molecule has 8 heavy (non-hydrogen) atoms. The van der Waals surface area contributed by atoms with Crippen LogP contribution in [-0.4, -0.2) is 0 Å². The standard InChI is InChI=1S/C7H11N/c1-6-4-2-3-5-7(6)8/h4-5H,2-3,8H2,1H3. The molecule has 44 valence electrons. The van der Waals surface area contributed by atoms with Crippen molar-refractivity contribution in [3.63, 3.8) is 0 Å². The summed E-state index contributed by atoms with van der Waals surface area (Å²) in [4.78, 5) is 0. The van der Waals surface area contributed by atoms with E-state index >= 15 is 0 Å². The van der Waals surface area contributed by atoms with Crippen LogP contribution in [0.4, 0.5) is 0 Å². The SMILES string of the molecule is CC1=CCCC=C1N. The third-order valence-electron chi connectivity index (χ3n) is 1.44. The molecule has 0 radical (unpaired) electrons. The molecule has 2 N–H and O–H groups in total. The highest BCUT2D eigenvalue weighted by Crippen LogP contribution is 2.12. The highest BCUT2D eigenvalue weighted by Gasteiger charge is 1.96. The van der Waals surface area contributed by atoms with Crippen LogP contribution in [0.3, 0.4) is 0 Å². The van der Waals surface area contributed by atoms with Gasteiger partial charge in [0.2, 0.25) is 0 Å². The Morgan fingerprint density at radius 1 is 1.38 bits per heavy atom. The van der Waals surface area contributed by atoms with Crippen molar-refractivity contribution < 1.29 is 0 Å².